The monoisotopic (exact) mass is 274 g/mol. The van der Waals surface area contributed by atoms with Crippen molar-refractivity contribution in [2.24, 2.45) is 0 Å². The highest BCUT2D eigenvalue weighted by Crippen LogP contribution is 2.28. The summed E-state index contributed by atoms with van der Waals surface area (Å²) in [6.45, 7) is 1.55. The molecule has 0 aromatic heterocycles. The second-order valence-corrected chi connectivity index (χ2v) is 5.99. The largest absolute Gasteiger partial charge is 0.281 e. The van der Waals surface area contributed by atoms with E-state index in [4.69, 9.17) is 0 Å². The van der Waals surface area contributed by atoms with E-state index in [1.54, 1.807) is 25.1 Å². The molecule has 0 radical (unpaired) electrons. The van der Waals surface area contributed by atoms with Gasteiger partial charge in [0.05, 0.1) is 4.90 Å². The van der Waals surface area contributed by atoms with Crippen molar-refractivity contribution in [3.8, 4) is 11.1 Å². The van der Waals surface area contributed by atoms with Gasteiger partial charge in [-0.1, -0.05) is 55.5 Å². The number of rotatable bonds is 3. The van der Waals surface area contributed by atoms with Gasteiger partial charge >= 0.3 is 0 Å². The van der Waals surface area contributed by atoms with Crippen molar-refractivity contribution >= 4 is 15.0 Å². The lowest BCUT2D eigenvalue weighted by atomic mass is 10.1. The zero-order valence-electron chi connectivity index (χ0n) is 10.5. The molecule has 0 aliphatic heterocycles. The van der Waals surface area contributed by atoms with Gasteiger partial charge in [-0.3, -0.25) is 4.79 Å². The molecule has 0 spiro atoms. The van der Waals surface area contributed by atoms with Gasteiger partial charge in [0, 0.05) is 12.0 Å². The van der Waals surface area contributed by atoms with Crippen LogP contribution in [0.4, 0.5) is 0 Å². The van der Waals surface area contributed by atoms with Crippen molar-refractivity contribution in [3.05, 3.63) is 54.6 Å². The van der Waals surface area contributed by atoms with E-state index < -0.39 is 15.0 Å². The van der Waals surface area contributed by atoms with Gasteiger partial charge in [-0.2, -0.15) is 0 Å². The zero-order valence-corrected chi connectivity index (χ0v) is 11.4. The minimum atomic E-state index is -3.91. The molecule has 0 bridgehead atoms. The molecule has 3 nitrogen and oxygen atoms in total. The van der Waals surface area contributed by atoms with E-state index in [1.165, 1.54) is 6.07 Å². The fourth-order valence-electron chi connectivity index (χ4n) is 1.87. The molecular weight excluding hydrogens is 260 g/mol. The van der Waals surface area contributed by atoms with Crippen molar-refractivity contribution in [2.45, 2.75) is 18.2 Å². The van der Waals surface area contributed by atoms with E-state index in [2.05, 4.69) is 0 Å². The SMILES string of the molecule is CCC(=O)S(=O)(=O)c1ccccc1-c1ccccc1. The first kappa shape index (κ1) is 13.5. The maximum Gasteiger partial charge on any atom is 0.250 e. The Morgan fingerprint density at radius 3 is 2.16 bits per heavy atom. The van der Waals surface area contributed by atoms with Gasteiger partial charge in [0.15, 0.2) is 0 Å². The maximum atomic E-state index is 12.2. The highest BCUT2D eigenvalue weighted by atomic mass is 32.2. The van der Waals surface area contributed by atoms with E-state index >= 15 is 0 Å². The van der Waals surface area contributed by atoms with Gasteiger partial charge in [0.1, 0.15) is 0 Å². The molecule has 2 aromatic rings. The van der Waals surface area contributed by atoms with Crippen molar-refractivity contribution in [2.75, 3.05) is 0 Å². The smallest absolute Gasteiger partial charge is 0.250 e. The average molecular weight is 274 g/mol. The summed E-state index contributed by atoms with van der Waals surface area (Å²) in [6, 6.07) is 15.8. The maximum absolute atomic E-state index is 12.2. The predicted octanol–water partition coefficient (Wildman–Crippen LogP) is 3.06. The summed E-state index contributed by atoms with van der Waals surface area (Å²) in [6.07, 6.45) is -0.0224. The Morgan fingerprint density at radius 1 is 0.947 bits per heavy atom. The van der Waals surface area contributed by atoms with Crippen LogP contribution in [0, 0.1) is 0 Å². The molecule has 0 aliphatic carbocycles. The fraction of sp³-hybridized carbons (Fsp3) is 0.133. The summed E-state index contributed by atoms with van der Waals surface area (Å²) < 4.78 is 24.4. The average Bonchev–Trinajstić information content (AvgIpc) is 2.47. The van der Waals surface area contributed by atoms with E-state index in [1.807, 2.05) is 30.3 Å². The number of carbonyl (C=O) groups is 1. The molecule has 0 fully saturated rings. The van der Waals surface area contributed by atoms with Gasteiger partial charge in [0.2, 0.25) is 9.84 Å². The Kier molecular flexibility index (Phi) is 3.81. The second-order valence-electron chi connectivity index (χ2n) is 4.09. The molecule has 0 N–H and O–H groups in total. The molecule has 0 unspecified atom stereocenters. The Balaban J connectivity index is 2.65. The first-order valence-corrected chi connectivity index (χ1v) is 7.48. The quantitative estimate of drug-likeness (QED) is 0.864. The molecule has 2 aromatic carbocycles. The Morgan fingerprint density at radius 2 is 1.53 bits per heavy atom. The standard InChI is InChI=1S/C15H14O3S/c1-2-15(16)19(17,18)14-11-7-6-10-13(14)12-8-4-3-5-9-12/h3-11H,2H2,1H3. The van der Waals surface area contributed by atoms with Crippen LogP contribution >= 0.6 is 0 Å². The molecular formula is C15H14O3S. The van der Waals surface area contributed by atoms with E-state index in [0.717, 1.165) is 5.56 Å². The molecule has 2 rings (SSSR count). The van der Waals surface area contributed by atoms with Crippen LogP contribution in [0.1, 0.15) is 13.3 Å². The molecule has 19 heavy (non-hydrogen) atoms. The Labute approximate surface area is 112 Å². The van der Waals surface area contributed by atoms with Gasteiger partial charge in [-0.25, -0.2) is 8.42 Å². The molecule has 0 aliphatic rings. The molecule has 0 heterocycles. The molecule has 4 heteroatoms. The van der Waals surface area contributed by atoms with Gasteiger partial charge < -0.3 is 0 Å². The Hall–Kier alpha value is -1.94. The third-order valence-electron chi connectivity index (χ3n) is 2.85. The summed E-state index contributed by atoms with van der Waals surface area (Å²) in [5.74, 6) is 0. The van der Waals surface area contributed by atoms with E-state index in [0.29, 0.717) is 5.56 Å². The minimum absolute atomic E-state index is 0.0224. The van der Waals surface area contributed by atoms with Crippen LogP contribution in [0.15, 0.2) is 59.5 Å². The lowest BCUT2D eigenvalue weighted by Gasteiger charge is -2.09. The van der Waals surface area contributed by atoms with Crippen LogP contribution in [-0.4, -0.2) is 13.5 Å². The number of sulfone groups is 1. The van der Waals surface area contributed by atoms with Crippen LogP contribution in [0.25, 0.3) is 11.1 Å². The van der Waals surface area contributed by atoms with Crippen molar-refractivity contribution in [1.29, 1.82) is 0 Å². The van der Waals surface area contributed by atoms with E-state index in [9.17, 15) is 13.2 Å². The Bertz CT molecular complexity index is 688. The molecule has 98 valence electrons. The summed E-state index contributed by atoms with van der Waals surface area (Å²) in [5.41, 5.74) is 1.34. The molecule has 0 atom stereocenters. The number of benzene rings is 2. The second kappa shape index (κ2) is 5.36. The number of hydrogen-bond donors (Lipinski definition) is 0. The lowest BCUT2D eigenvalue weighted by Crippen LogP contribution is -2.14. The fourth-order valence-corrected chi connectivity index (χ4v) is 3.23. The van der Waals surface area contributed by atoms with Crippen molar-refractivity contribution in [3.63, 3.8) is 0 Å². The van der Waals surface area contributed by atoms with Crippen LogP contribution in [-0.2, 0) is 14.6 Å². The van der Waals surface area contributed by atoms with E-state index in [-0.39, 0.29) is 11.3 Å². The summed E-state index contributed by atoms with van der Waals surface area (Å²) in [5, 5.41) is -0.754. The molecule has 0 saturated heterocycles. The predicted molar refractivity (Wildman–Crippen MR) is 74.4 cm³/mol. The minimum Gasteiger partial charge on any atom is -0.281 e. The first-order valence-electron chi connectivity index (χ1n) is 5.99. The highest BCUT2D eigenvalue weighted by molar-refractivity contribution is 8.06. The van der Waals surface area contributed by atoms with Crippen molar-refractivity contribution < 1.29 is 13.2 Å². The molecule has 0 saturated carbocycles. The number of hydrogen-bond acceptors (Lipinski definition) is 3. The number of carbonyl (C=O) groups excluding carboxylic acids is 1. The van der Waals surface area contributed by atoms with Gasteiger partial charge in [0.25, 0.3) is 5.12 Å². The van der Waals surface area contributed by atoms with Crippen molar-refractivity contribution in [1.82, 2.24) is 0 Å². The topological polar surface area (TPSA) is 51.2 Å². The summed E-state index contributed by atoms with van der Waals surface area (Å²) in [4.78, 5) is 11.7. The first-order chi connectivity index (χ1) is 9.07. The zero-order chi connectivity index (χ0) is 13.9. The van der Waals surface area contributed by atoms with Crippen LogP contribution < -0.4 is 0 Å². The summed E-state index contributed by atoms with van der Waals surface area (Å²) in [7, 11) is -3.91. The van der Waals surface area contributed by atoms with Crippen LogP contribution in [0.3, 0.4) is 0 Å². The molecule has 0 amide bonds. The van der Waals surface area contributed by atoms with Crippen LogP contribution in [0.2, 0.25) is 0 Å². The van der Waals surface area contributed by atoms with Gasteiger partial charge in [-0.15, -0.1) is 0 Å². The van der Waals surface area contributed by atoms with Crippen LogP contribution in [0.5, 0.6) is 0 Å². The normalized spacial score (nSPS) is 11.2. The lowest BCUT2D eigenvalue weighted by molar-refractivity contribution is -0.111. The third-order valence-corrected chi connectivity index (χ3v) is 4.67. The van der Waals surface area contributed by atoms with Gasteiger partial charge in [-0.05, 0) is 11.6 Å². The third kappa shape index (κ3) is 2.58. The highest BCUT2D eigenvalue weighted by Gasteiger charge is 2.25. The summed E-state index contributed by atoms with van der Waals surface area (Å²) >= 11 is 0.